The quantitative estimate of drug-likeness (QED) is 0.469. The minimum Gasteiger partial charge on any atom is -0.450 e. The molecule has 0 bridgehead atoms. The first-order chi connectivity index (χ1) is 15.3. The minimum absolute atomic E-state index is 0.212. The van der Waals surface area contributed by atoms with Crippen molar-refractivity contribution in [1.29, 1.82) is 0 Å². The van der Waals surface area contributed by atoms with E-state index in [-0.39, 0.29) is 19.0 Å². The first-order valence-corrected chi connectivity index (χ1v) is 10.5. The first-order valence-electron chi connectivity index (χ1n) is 10.5. The fraction of sp³-hybridized carbons (Fsp3) is 0.333. The zero-order chi connectivity index (χ0) is 23.5. The molecule has 0 aliphatic rings. The van der Waals surface area contributed by atoms with Crippen molar-refractivity contribution in [2.45, 2.75) is 34.2 Å². The molecule has 0 unspecified atom stereocenters. The maximum Gasteiger partial charge on any atom is 0.411 e. The van der Waals surface area contributed by atoms with E-state index in [0.29, 0.717) is 24.5 Å². The number of rotatable bonds is 9. The zero-order valence-electron chi connectivity index (χ0n) is 18.9. The molecule has 0 fully saturated rings. The highest BCUT2D eigenvalue weighted by Gasteiger charge is 2.15. The van der Waals surface area contributed by atoms with E-state index in [2.05, 4.69) is 21.6 Å². The molecule has 2 amide bonds. The fourth-order valence-corrected chi connectivity index (χ4v) is 2.86. The van der Waals surface area contributed by atoms with Crippen LogP contribution in [0.5, 0.6) is 0 Å². The van der Waals surface area contributed by atoms with Crippen molar-refractivity contribution in [3.63, 3.8) is 0 Å². The number of benzene rings is 2. The lowest BCUT2D eigenvalue weighted by atomic mass is 10.1. The molecule has 7 nitrogen and oxygen atoms in total. The van der Waals surface area contributed by atoms with E-state index >= 15 is 0 Å². The van der Waals surface area contributed by atoms with Gasteiger partial charge < -0.3 is 14.4 Å². The van der Waals surface area contributed by atoms with Gasteiger partial charge >= 0.3 is 12.2 Å². The van der Waals surface area contributed by atoms with E-state index in [9.17, 15) is 14.0 Å². The maximum absolute atomic E-state index is 13.3. The van der Waals surface area contributed by atoms with Crippen LogP contribution in [-0.4, -0.2) is 31.9 Å². The summed E-state index contributed by atoms with van der Waals surface area (Å²) >= 11 is 0. The lowest BCUT2D eigenvalue weighted by Crippen LogP contribution is -2.24. The number of allylic oxidation sites excluding steroid dienone is 1. The average Bonchev–Trinajstić information content (AvgIpc) is 2.74. The van der Waals surface area contributed by atoms with Crippen LogP contribution in [-0.2, 0) is 16.0 Å². The van der Waals surface area contributed by atoms with Crippen LogP contribution in [0.15, 0.2) is 54.1 Å². The van der Waals surface area contributed by atoms with Crippen molar-refractivity contribution >= 4 is 29.2 Å². The molecular formula is C24H30FN3O4. The molecular weight excluding hydrogens is 413 g/mol. The fourth-order valence-electron chi connectivity index (χ4n) is 2.86. The van der Waals surface area contributed by atoms with Gasteiger partial charge in [0.2, 0.25) is 0 Å². The first kappa shape index (κ1) is 24.7. The van der Waals surface area contributed by atoms with Gasteiger partial charge in [0.25, 0.3) is 0 Å². The molecule has 0 saturated carbocycles. The van der Waals surface area contributed by atoms with Gasteiger partial charge in [-0.3, -0.25) is 10.6 Å². The van der Waals surface area contributed by atoms with Crippen LogP contribution in [0.3, 0.4) is 0 Å². The second kappa shape index (κ2) is 12.3. The Morgan fingerprint density at radius 1 is 0.938 bits per heavy atom. The van der Waals surface area contributed by atoms with Crippen molar-refractivity contribution in [2.24, 2.45) is 0 Å². The van der Waals surface area contributed by atoms with Gasteiger partial charge in [0, 0.05) is 18.8 Å². The standard InChI is InChI=1S/C24H30FN3O4/c1-5-31-23(29)26-21-12-11-20(15-22(21)27-24(30)32-6-2)28(14-13-17(3)4)16-18-7-9-19(25)10-8-18/h7-13,15H,5-6,14,16H2,1-4H3,(H,26,29)(H,27,30). The van der Waals surface area contributed by atoms with Crippen LogP contribution in [0.2, 0.25) is 0 Å². The number of hydrogen-bond acceptors (Lipinski definition) is 5. The number of anilines is 3. The summed E-state index contributed by atoms with van der Waals surface area (Å²) in [5, 5.41) is 5.29. The van der Waals surface area contributed by atoms with E-state index in [1.54, 1.807) is 38.1 Å². The van der Waals surface area contributed by atoms with Crippen LogP contribution in [0.4, 0.5) is 31.0 Å². The molecule has 0 spiro atoms. The number of hydrogen-bond donors (Lipinski definition) is 2. The summed E-state index contributed by atoms with van der Waals surface area (Å²) < 4.78 is 23.3. The van der Waals surface area contributed by atoms with Gasteiger partial charge in [0.05, 0.1) is 24.6 Å². The smallest absolute Gasteiger partial charge is 0.411 e. The summed E-state index contributed by atoms with van der Waals surface area (Å²) in [4.78, 5) is 26.0. The second-order valence-corrected chi connectivity index (χ2v) is 7.21. The molecule has 0 atom stereocenters. The Balaban J connectivity index is 2.39. The van der Waals surface area contributed by atoms with Crippen molar-refractivity contribution < 1.29 is 23.5 Å². The van der Waals surface area contributed by atoms with Crippen molar-refractivity contribution in [2.75, 3.05) is 35.3 Å². The van der Waals surface area contributed by atoms with Gasteiger partial charge in [-0.05, 0) is 63.6 Å². The van der Waals surface area contributed by atoms with Crippen molar-refractivity contribution in [3.8, 4) is 0 Å². The molecule has 2 aromatic carbocycles. The number of carbonyl (C=O) groups is 2. The summed E-state index contributed by atoms with van der Waals surface area (Å²) in [6.07, 6.45) is 0.818. The molecule has 172 valence electrons. The van der Waals surface area contributed by atoms with Crippen molar-refractivity contribution in [1.82, 2.24) is 0 Å². The maximum atomic E-state index is 13.3. The molecule has 8 heteroatoms. The van der Waals surface area contributed by atoms with Crippen LogP contribution >= 0.6 is 0 Å². The minimum atomic E-state index is -0.633. The van der Waals surface area contributed by atoms with E-state index in [1.165, 1.54) is 12.1 Å². The summed E-state index contributed by atoms with van der Waals surface area (Å²) in [5.41, 5.74) is 3.63. The molecule has 2 aromatic rings. The third-order valence-electron chi connectivity index (χ3n) is 4.40. The molecule has 0 aromatic heterocycles. The number of halogens is 1. The Labute approximate surface area is 188 Å². The Morgan fingerprint density at radius 2 is 1.53 bits per heavy atom. The Kier molecular flexibility index (Phi) is 9.53. The predicted molar refractivity (Wildman–Crippen MR) is 125 cm³/mol. The molecule has 0 aliphatic heterocycles. The molecule has 0 saturated heterocycles. The highest BCUT2D eigenvalue weighted by molar-refractivity contribution is 5.96. The van der Waals surface area contributed by atoms with E-state index < -0.39 is 12.2 Å². The zero-order valence-corrected chi connectivity index (χ0v) is 18.9. The van der Waals surface area contributed by atoms with E-state index in [0.717, 1.165) is 16.8 Å². The summed E-state index contributed by atoms with van der Waals surface area (Å²) in [6, 6.07) is 11.6. The van der Waals surface area contributed by atoms with Crippen molar-refractivity contribution in [3.05, 3.63) is 65.5 Å². The normalized spacial score (nSPS) is 10.2. The lowest BCUT2D eigenvalue weighted by Gasteiger charge is -2.25. The third-order valence-corrected chi connectivity index (χ3v) is 4.40. The largest absolute Gasteiger partial charge is 0.450 e. The van der Waals surface area contributed by atoms with Crippen LogP contribution in [0.1, 0.15) is 33.3 Å². The highest BCUT2D eigenvalue weighted by Crippen LogP contribution is 2.29. The highest BCUT2D eigenvalue weighted by atomic mass is 19.1. The summed E-state index contributed by atoms with van der Waals surface area (Å²) in [7, 11) is 0. The monoisotopic (exact) mass is 443 g/mol. The van der Waals surface area contributed by atoms with E-state index in [1.807, 2.05) is 19.9 Å². The van der Waals surface area contributed by atoms with E-state index in [4.69, 9.17) is 9.47 Å². The Morgan fingerprint density at radius 3 is 2.09 bits per heavy atom. The average molecular weight is 444 g/mol. The van der Waals surface area contributed by atoms with Gasteiger partial charge in [-0.25, -0.2) is 14.0 Å². The second-order valence-electron chi connectivity index (χ2n) is 7.21. The van der Waals surface area contributed by atoms with Crippen LogP contribution in [0.25, 0.3) is 0 Å². The van der Waals surface area contributed by atoms with Gasteiger partial charge in [-0.2, -0.15) is 0 Å². The number of nitrogens with one attached hydrogen (secondary N) is 2. The number of amides is 2. The predicted octanol–water partition coefficient (Wildman–Crippen LogP) is 5.94. The summed E-state index contributed by atoms with van der Waals surface area (Å²) in [5.74, 6) is -0.292. The summed E-state index contributed by atoms with van der Waals surface area (Å²) in [6.45, 7) is 8.99. The van der Waals surface area contributed by atoms with Gasteiger partial charge in [-0.15, -0.1) is 0 Å². The number of carbonyl (C=O) groups excluding carboxylic acids is 2. The molecule has 2 rings (SSSR count). The molecule has 0 radical (unpaired) electrons. The van der Waals surface area contributed by atoms with Crippen LogP contribution < -0.4 is 15.5 Å². The topological polar surface area (TPSA) is 79.9 Å². The third kappa shape index (κ3) is 7.94. The lowest BCUT2D eigenvalue weighted by molar-refractivity contribution is 0.166. The van der Waals surface area contributed by atoms with Crippen LogP contribution in [0, 0.1) is 5.82 Å². The van der Waals surface area contributed by atoms with Gasteiger partial charge in [-0.1, -0.05) is 23.8 Å². The van der Waals surface area contributed by atoms with Gasteiger partial charge in [0.1, 0.15) is 5.82 Å². The van der Waals surface area contributed by atoms with Gasteiger partial charge in [0.15, 0.2) is 0 Å². The molecule has 2 N–H and O–H groups in total. The Bertz CT molecular complexity index is 941. The SMILES string of the molecule is CCOC(=O)Nc1ccc(N(CC=C(C)C)Cc2ccc(F)cc2)cc1NC(=O)OCC. The number of ether oxygens (including phenoxy) is 2. The Hall–Kier alpha value is -3.55. The molecule has 0 aliphatic carbocycles. The molecule has 0 heterocycles. The molecule has 32 heavy (non-hydrogen) atoms. The number of nitrogens with zero attached hydrogens (tertiary/aromatic N) is 1.